The van der Waals surface area contributed by atoms with Crippen LogP contribution >= 0.6 is 0 Å². The predicted molar refractivity (Wildman–Crippen MR) is 79.8 cm³/mol. The molecule has 0 amide bonds. The molecule has 0 bridgehead atoms. The zero-order chi connectivity index (χ0) is 15.1. The van der Waals surface area contributed by atoms with Crippen LogP contribution in [0.5, 0.6) is 11.5 Å². The van der Waals surface area contributed by atoms with E-state index < -0.39 is 0 Å². The van der Waals surface area contributed by atoms with Crippen LogP contribution in [0.4, 0.5) is 0 Å². The highest BCUT2D eigenvalue weighted by Crippen LogP contribution is 2.47. The average Bonchev–Trinajstić information content (AvgIpc) is 2.34. The average molecular weight is 276 g/mol. The Kier molecular flexibility index (Phi) is 3.81. The van der Waals surface area contributed by atoms with Gasteiger partial charge in [-0.2, -0.15) is 0 Å². The lowest BCUT2D eigenvalue weighted by atomic mass is 9.80. The van der Waals surface area contributed by atoms with Crippen molar-refractivity contribution >= 4 is 5.78 Å². The highest BCUT2D eigenvalue weighted by atomic mass is 16.5. The minimum absolute atomic E-state index is 0.0594. The van der Waals surface area contributed by atoms with Gasteiger partial charge < -0.3 is 9.84 Å². The number of phenolic OH excluding ortho intramolecular Hbond substituents is 1. The summed E-state index contributed by atoms with van der Waals surface area (Å²) in [6, 6.07) is 1.80. The summed E-state index contributed by atoms with van der Waals surface area (Å²) >= 11 is 0. The Hall–Kier alpha value is -1.51. The molecule has 0 radical (unpaired) electrons. The lowest BCUT2D eigenvalue weighted by Crippen LogP contribution is -2.37. The second-order valence-electron chi connectivity index (χ2n) is 6.28. The van der Waals surface area contributed by atoms with Crippen molar-refractivity contribution in [2.75, 3.05) is 0 Å². The molecule has 3 heteroatoms. The van der Waals surface area contributed by atoms with Gasteiger partial charge in [-0.25, -0.2) is 0 Å². The fourth-order valence-corrected chi connectivity index (χ4v) is 3.31. The molecule has 0 aromatic heterocycles. The van der Waals surface area contributed by atoms with Crippen LogP contribution in [-0.4, -0.2) is 16.5 Å². The molecule has 0 spiro atoms. The van der Waals surface area contributed by atoms with Crippen molar-refractivity contribution in [3.05, 3.63) is 22.8 Å². The van der Waals surface area contributed by atoms with Crippen molar-refractivity contribution < 1.29 is 14.6 Å². The van der Waals surface area contributed by atoms with Crippen molar-refractivity contribution in [1.82, 2.24) is 0 Å². The van der Waals surface area contributed by atoms with E-state index in [9.17, 15) is 9.90 Å². The van der Waals surface area contributed by atoms with Gasteiger partial charge in [0.15, 0.2) is 5.78 Å². The Labute approximate surface area is 121 Å². The van der Waals surface area contributed by atoms with Crippen LogP contribution < -0.4 is 4.74 Å². The number of phenols is 1. The van der Waals surface area contributed by atoms with E-state index in [1.807, 2.05) is 6.92 Å². The van der Waals surface area contributed by atoms with Crippen LogP contribution in [0.1, 0.15) is 74.4 Å². The van der Waals surface area contributed by atoms with E-state index in [1.165, 1.54) is 6.92 Å². The van der Waals surface area contributed by atoms with Gasteiger partial charge >= 0.3 is 0 Å². The monoisotopic (exact) mass is 276 g/mol. The Bertz CT molecular complexity index is 548. The first-order valence-electron chi connectivity index (χ1n) is 7.35. The zero-order valence-corrected chi connectivity index (χ0v) is 13.0. The maximum atomic E-state index is 11.6. The van der Waals surface area contributed by atoms with E-state index in [0.29, 0.717) is 17.0 Å². The van der Waals surface area contributed by atoms with E-state index in [-0.39, 0.29) is 17.1 Å². The normalized spacial score (nSPS) is 24.9. The van der Waals surface area contributed by atoms with Gasteiger partial charge in [0.25, 0.3) is 0 Å². The quantitative estimate of drug-likeness (QED) is 0.835. The topological polar surface area (TPSA) is 46.5 Å². The Morgan fingerprint density at radius 1 is 1.55 bits per heavy atom. The predicted octanol–water partition coefficient (Wildman–Crippen LogP) is 4.35. The molecule has 1 aromatic rings. The van der Waals surface area contributed by atoms with Gasteiger partial charge in [-0.15, -0.1) is 0 Å². The standard InChI is InChI=1S/C17H24O3/c1-6-7-17(5)9-10(2)13-8-14(12(4)18)15(19)11(3)16(13)20-17/h8,10,19H,6-7,9H2,1-5H3. The fourth-order valence-electron chi connectivity index (χ4n) is 3.31. The number of ether oxygens (including phenoxy) is 1. The number of Topliss-reactive ketones (excluding diaryl/α,β-unsaturated/α-hetero) is 1. The van der Waals surface area contributed by atoms with Crippen LogP contribution in [0, 0.1) is 6.92 Å². The highest BCUT2D eigenvalue weighted by molar-refractivity contribution is 5.97. The number of ketones is 1. The number of rotatable bonds is 3. The van der Waals surface area contributed by atoms with E-state index in [2.05, 4.69) is 20.8 Å². The van der Waals surface area contributed by atoms with Crippen LogP contribution in [0.25, 0.3) is 0 Å². The molecule has 0 aliphatic carbocycles. The number of carbonyl (C=O) groups excluding carboxylic acids is 1. The van der Waals surface area contributed by atoms with Crippen LogP contribution in [0.3, 0.4) is 0 Å². The number of benzene rings is 1. The third-order valence-electron chi connectivity index (χ3n) is 4.29. The molecule has 0 saturated heterocycles. The molecule has 0 saturated carbocycles. The molecule has 2 unspecified atom stereocenters. The Morgan fingerprint density at radius 3 is 2.75 bits per heavy atom. The van der Waals surface area contributed by atoms with Gasteiger partial charge in [-0.05, 0) is 51.2 Å². The van der Waals surface area contributed by atoms with E-state index in [4.69, 9.17) is 4.74 Å². The third kappa shape index (κ3) is 2.41. The smallest absolute Gasteiger partial charge is 0.163 e. The van der Waals surface area contributed by atoms with Crippen molar-refractivity contribution in [2.45, 2.75) is 65.4 Å². The van der Waals surface area contributed by atoms with E-state index >= 15 is 0 Å². The summed E-state index contributed by atoms with van der Waals surface area (Å²) in [7, 11) is 0. The van der Waals surface area contributed by atoms with Crippen molar-refractivity contribution in [1.29, 1.82) is 0 Å². The molecular formula is C17H24O3. The summed E-state index contributed by atoms with van der Waals surface area (Å²) in [5, 5.41) is 10.2. The van der Waals surface area contributed by atoms with E-state index in [0.717, 1.165) is 30.6 Å². The first-order chi connectivity index (χ1) is 9.29. The molecule has 3 nitrogen and oxygen atoms in total. The van der Waals surface area contributed by atoms with Gasteiger partial charge in [-0.3, -0.25) is 4.79 Å². The second kappa shape index (κ2) is 5.12. The lowest BCUT2D eigenvalue weighted by molar-refractivity contribution is 0.0453. The molecule has 1 aromatic carbocycles. The minimum atomic E-state index is -0.184. The van der Waals surface area contributed by atoms with Crippen LogP contribution in [0.15, 0.2) is 6.07 Å². The van der Waals surface area contributed by atoms with Gasteiger partial charge in [0, 0.05) is 5.56 Å². The number of aromatic hydroxyl groups is 1. The summed E-state index contributed by atoms with van der Waals surface area (Å²) in [6.45, 7) is 9.75. The number of hydrogen-bond donors (Lipinski definition) is 1. The molecule has 1 aliphatic heterocycles. The number of fused-ring (bicyclic) bond motifs is 1. The first-order valence-corrected chi connectivity index (χ1v) is 7.35. The lowest BCUT2D eigenvalue weighted by Gasteiger charge is -2.40. The van der Waals surface area contributed by atoms with Crippen molar-refractivity contribution in [3.63, 3.8) is 0 Å². The molecular weight excluding hydrogens is 252 g/mol. The molecule has 2 atom stereocenters. The fraction of sp³-hybridized carbons (Fsp3) is 0.588. The Morgan fingerprint density at radius 2 is 2.20 bits per heavy atom. The van der Waals surface area contributed by atoms with Crippen LogP contribution in [0.2, 0.25) is 0 Å². The summed E-state index contributed by atoms with van der Waals surface area (Å²) in [5.41, 5.74) is 1.94. The molecule has 1 N–H and O–H groups in total. The van der Waals surface area contributed by atoms with Gasteiger partial charge in [0.2, 0.25) is 0 Å². The van der Waals surface area contributed by atoms with Crippen molar-refractivity contribution in [3.8, 4) is 11.5 Å². The molecule has 1 aliphatic rings. The third-order valence-corrected chi connectivity index (χ3v) is 4.29. The van der Waals surface area contributed by atoms with Gasteiger partial charge in [0.1, 0.15) is 17.1 Å². The number of hydrogen-bond acceptors (Lipinski definition) is 3. The zero-order valence-electron chi connectivity index (χ0n) is 13.0. The summed E-state index contributed by atoms with van der Waals surface area (Å²) in [5.74, 6) is 1.04. The van der Waals surface area contributed by atoms with Crippen LogP contribution in [-0.2, 0) is 0 Å². The molecule has 2 rings (SSSR count). The summed E-state index contributed by atoms with van der Waals surface area (Å²) in [6.07, 6.45) is 3.00. The SMILES string of the molecule is CCCC1(C)CC(C)c2cc(C(C)=O)c(O)c(C)c2O1. The molecule has 1 heterocycles. The van der Waals surface area contributed by atoms with Gasteiger partial charge in [0.05, 0.1) is 5.56 Å². The number of carbonyl (C=O) groups is 1. The minimum Gasteiger partial charge on any atom is -0.507 e. The maximum Gasteiger partial charge on any atom is 0.163 e. The second-order valence-corrected chi connectivity index (χ2v) is 6.28. The summed E-state index contributed by atoms with van der Waals surface area (Å²) in [4.78, 5) is 11.6. The molecule has 110 valence electrons. The molecule has 20 heavy (non-hydrogen) atoms. The Balaban J connectivity index is 2.56. The first kappa shape index (κ1) is 14.9. The summed E-state index contributed by atoms with van der Waals surface area (Å²) < 4.78 is 6.21. The molecule has 0 fully saturated rings. The maximum absolute atomic E-state index is 11.6. The highest BCUT2D eigenvalue weighted by Gasteiger charge is 2.36. The van der Waals surface area contributed by atoms with E-state index in [1.54, 1.807) is 6.07 Å². The van der Waals surface area contributed by atoms with Gasteiger partial charge in [-0.1, -0.05) is 20.3 Å². The van der Waals surface area contributed by atoms with Crippen molar-refractivity contribution in [2.24, 2.45) is 0 Å². The largest absolute Gasteiger partial charge is 0.507 e.